The Kier molecular flexibility index (Phi) is 8.20. The standard InChI is InChI=1S/C14H30N2O2/c1-6-11(4)16-13(18)12(5)15-9-14(7-2,8-3)10-17/h11-12,15,17H,6-10H2,1-5H3,(H,16,18). The largest absolute Gasteiger partial charge is 0.396 e. The fourth-order valence-corrected chi connectivity index (χ4v) is 1.71. The third-order valence-corrected chi connectivity index (χ3v) is 4.01. The van der Waals surface area contributed by atoms with E-state index in [0.29, 0.717) is 6.54 Å². The van der Waals surface area contributed by atoms with Gasteiger partial charge in [-0.2, -0.15) is 0 Å². The fourth-order valence-electron chi connectivity index (χ4n) is 1.71. The van der Waals surface area contributed by atoms with Gasteiger partial charge in [-0.1, -0.05) is 20.8 Å². The number of amides is 1. The molecule has 4 nitrogen and oxygen atoms in total. The van der Waals surface area contributed by atoms with Crippen molar-refractivity contribution in [2.75, 3.05) is 13.2 Å². The summed E-state index contributed by atoms with van der Waals surface area (Å²) >= 11 is 0. The highest BCUT2D eigenvalue weighted by molar-refractivity contribution is 5.81. The van der Waals surface area contributed by atoms with Crippen molar-refractivity contribution in [1.29, 1.82) is 0 Å². The number of carbonyl (C=O) groups excluding carboxylic acids is 1. The molecule has 18 heavy (non-hydrogen) atoms. The summed E-state index contributed by atoms with van der Waals surface area (Å²) < 4.78 is 0. The molecule has 0 aromatic heterocycles. The van der Waals surface area contributed by atoms with Crippen LogP contribution in [0.1, 0.15) is 53.9 Å². The summed E-state index contributed by atoms with van der Waals surface area (Å²) in [6.07, 6.45) is 2.75. The molecule has 0 bridgehead atoms. The summed E-state index contributed by atoms with van der Waals surface area (Å²) in [6.45, 7) is 10.9. The Balaban J connectivity index is 4.23. The molecule has 0 aliphatic rings. The number of hydrogen-bond donors (Lipinski definition) is 3. The molecule has 0 aromatic rings. The average Bonchev–Trinajstić information content (AvgIpc) is 2.40. The van der Waals surface area contributed by atoms with Gasteiger partial charge in [0.2, 0.25) is 5.91 Å². The summed E-state index contributed by atoms with van der Waals surface area (Å²) in [6, 6.07) is -0.00951. The zero-order valence-corrected chi connectivity index (χ0v) is 12.5. The van der Waals surface area contributed by atoms with Crippen LogP contribution in [0.25, 0.3) is 0 Å². The first kappa shape index (κ1) is 17.4. The maximum absolute atomic E-state index is 11.9. The quantitative estimate of drug-likeness (QED) is 0.589. The first-order valence-corrected chi connectivity index (χ1v) is 7.09. The summed E-state index contributed by atoms with van der Waals surface area (Å²) in [7, 11) is 0. The number of nitrogens with one attached hydrogen (secondary N) is 2. The molecule has 0 fully saturated rings. The molecule has 0 saturated carbocycles. The average molecular weight is 258 g/mol. The Morgan fingerprint density at radius 3 is 2.17 bits per heavy atom. The SMILES string of the molecule is CCC(C)NC(=O)C(C)NCC(CC)(CC)CO. The van der Waals surface area contributed by atoms with Crippen LogP contribution in [0.3, 0.4) is 0 Å². The van der Waals surface area contributed by atoms with E-state index in [1.165, 1.54) is 0 Å². The molecule has 0 rings (SSSR count). The van der Waals surface area contributed by atoms with E-state index in [1.807, 2.05) is 20.8 Å². The van der Waals surface area contributed by atoms with Gasteiger partial charge in [-0.05, 0) is 33.1 Å². The van der Waals surface area contributed by atoms with Gasteiger partial charge in [-0.15, -0.1) is 0 Å². The monoisotopic (exact) mass is 258 g/mol. The first-order chi connectivity index (χ1) is 8.44. The smallest absolute Gasteiger partial charge is 0.237 e. The van der Waals surface area contributed by atoms with Gasteiger partial charge in [0.15, 0.2) is 0 Å². The molecule has 4 heteroatoms. The second-order valence-electron chi connectivity index (χ2n) is 5.29. The van der Waals surface area contributed by atoms with Crippen LogP contribution in [0, 0.1) is 5.41 Å². The summed E-state index contributed by atoms with van der Waals surface area (Å²) in [4.78, 5) is 11.9. The number of aliphatic hydroxyl groups excluding tert-OH is 1. The van der Waals surface area contributed by atoms with Gasteiger partial charge in [0.25, 0.3) is 0 Å². The molecule has 0 radical (unpaired) electrons. The van der Waals surface area contributed by atoms with Crippen molar-refractivity contribution in [2.45, 2.75) is 66.0 Å². The van der Waals surface area contributed by atoms with E-state index in [-0.39, 0.29) is 30.0 Å². The third kappa shape index (κ3) is 5.36. The highest BCUT2D eigenvalue weighted by Gasteiger charge is 2.26. The van der Waals surface area contributed by atoms with E-state index in [0.717, 1.165) is 19.3 Å². The van der Waals surface area contributed by atoms with Gasteiger partial charge in [0.1, 0.15) is 0 Å². The van der Waals surface area contributed by atoms with Crippen molar-refractivity contribution < 1.29 is 9.90 Å². The summed E-state index contributed by atoms with van der Waals surface area (Å²) in [5, 5.41) is 15.7. The van der Waals surface area contributed by atoms with Crippen molar-refractivity contribution in [3.8, 4) is 0 Å². The van der Waals surface area contributed by atoms with Gasteiger partial charge in [-0.3, -0.25) is 4.79 Å². The minimum atomic E-state index is -0.219. The van der Waals surface area contributed by atoms with Gasteiger partial charge in [0, 0.05) is 24.6 Å². The van der Waals surface area contributed by atoms with E-state index in [9.17, 15) is 9.90 Å². The zero-order valence-electron chi connectivity index (χ0n) is 12.5. The number of rotatable bonds is 9. The third-order valence-electron chi connectivity index (χ3n) is 4.01. The normalized spacial score (nSPS) is 15.2. The highest BCUT2D eigenvalue weighted by atomic mass is 16.3. The minimum absolute atomic E-state index is 0.0309. The predicted octanol–water partition coefficient (Wildman–Crippen LogP) is 1.68. The lowest BCUT2D eigenvalue weighted by Crippen LogP contribution is -2.49. The molecule has 0 saturated heterocycles. The van der Waals surface area contributed by atoms with Crippen LogP contribution in [0.15, 0.2) is 0 Å². The van der Waals surface area contributed by atoms with Gasteiger partial charge < -0.3 is 15.7 Å². The van der Waals surface area contributed by atoms with E-state index >= 15 is 0 Å². The van der Waals surface area contributed by atoms with Crippen LogP contribution < -0.4 is 10.6 Å². The topological polar surface area (TPSA) is 61.4 Å². The zero-order chi connectivity index (χ0) is 14.2. The number of aliphatic hydroxyl groups is 1. The Bertz CT molecular complexity index is 232. The second-order valence-corrected chi connectivity index (χ2v) is 5.29. The molecular formula is C14H30N2O2. The Labute approximate surface area is 112 Å². The van der Waals surface area contributed by atoms with Gasteiger partial charge >= 0.3 is 0 Å². The Morgan fingerprint density at radius 2 is 1.78 bits per heavy atom. The van der Waals surface area contributed by atoms with Crippen molar-refractivity contribution in [3.63, 3.8) is 0 Å². The summed E-state index contributed by atoms with van der Waals surface area (Å²) in [5.41, 5.74) is -0.106. The van der Waals surface area contributed by atoms with Crippen LogP contribution in [-0.4, -0.2) is 36.2 Å². The minimum Gasteiger partial charge on any atom is -0.396 e. The molecule has 0 heterocycles. The predicted molar refractivity (Wildman–Crippen MR) is 75.5 cm³/mol. The Morgan fingerprint density at radius 1 is 1.22 bits per heavy atom. The van der Waals surface area contributed by atoms with Crippen molar-refractivity contribution in [2.24, 2.45) is 5.41 Å². The van der Waals surface area contributed by atoms with E-state index < -0.39 is 0 Å². The molecule has 0 aliphatic carbocycles. The molecular weight excluding hydrogens is 228 g/mol. The lowest BCUT2D eigenvalue weighted by atomic mass is 9.83. The molecule has 0 spiro atoms. The maximum atomic E-state index is 11.9. The van der Waals surface area contributed by atoms with Crippen LogP contribution in [0.4, 0.5) is 0 Å². The van der Waals surface area contributed by atoms with Gasteiger partial charge in [-0.25, -0.2) is 0 Å². The summed E-state index contributed by atoms with van der Waals surface area (Å²) in [5.74, 6) is 0.0309. The maximum Gasteiger partial charge on any atom is 0.237 e. The van der Waals surface area contributed by atoms with E-state index in [2.05, 4.69) is 24.5 Å². The van der Waals surface area contributed by atoms with E-state index in [1.54, 1.807) is 0 Å². The molecule has 0 aliphatic heterocycles. The number of carbonyl (C=O) groups is 1. The molecule has 2 unspecified atom stereocenters. The van der Waals surface area contributed by atoms with Crippen molar-refractivity contribution >= 4 is 5.91 Å². The lowest BCUT2D eigenvalue weighted by molar-refractivity contribution is -0.123. The molecule has 2 atom stereocenters. The molecule has 1 amide bonds. The van der Waals surface area contributed by atoms with Crippen LogP contribution >= 0.6 is 0 Å². The van der Waals surface area contributed by atoms with Crippen LogP contribution in [0.5, 0.6) is 0 Å². The Hall–Kier alpha value is -0.610. The van der Waals surface area contributed by atoms with Crippen molar-refractivity contribution in [3.05, 3.63) is 0 Å². The highest BCUT2D eigenvalue weighted by Crippen LogP contribution is 2.24. The molecule has 108 valence electrons. The molecule has 0 aromatic carbocycles. The first-order valence-electron chi connectivity index (χ1n) is 7.09. The fraction of sp³-hybridized carbons (Fsp3) is 0.929. The van der Waals surface area contributed by atoms with Crippen molar-refractivity contribution in [1.82, 2.24) is 10.6 Å². The molecule has 3 N–H and O–H groups in total. The number of hydrogen-bond acceptors (Lipinski definition) is 3. The van der Waals surface area contributed by atoms with Crippen LogP contribution in [0.2, 0.25) is 0 Å². The lowest BCUT2D eigenvalue weighted by Gasteiger charge is -2.31. The second kappa shape index (κ2) is 8.48. The van der Waals surface area contributed by atoms with E-state index in [4.69, 9.17) is 0 Å². The van der Waals surface area contributed by atoms with Gasteiger partial charge in [0.05, 0.1) is 6.04 Å². The van der Waals surface area contributed by atoms with Crippen LogP contribution in [-0.2, 0) is 4.79 Å².